The van der Waals surface area contributed by atoms with Gasteiger partial charge in [0.25, 0.3) is 0 Å². The van der Waals surface area contributed by atoms with Gasteiger partial charge in [-0.25, -0.2) is 13.6 Å². The van der Waals surface area contributed by atoms with Crippen molar-refractivity contribution in [1.29, 1.82) is 0 Å². The monoisotopic (exact) mass is 306 g/mol. The van der Waals surface area contributed by atoms with E-state index >= 15 is 0 Å². The average Bonchev–Trinajstić information content (AvgIpc) is 2.44. The summed E-state index contributed by atoms with van der Waals surface area (Å²) in [5.74, 6) is 0. The van der Waals surface area contributed by atoms with Crippen LogP contribution in [0.4, 0.5) is 5.69 Å². The third kappa shape index (κ3) is 2.05. The van der Waals surface area contributed by atoms with Crippen LogP contribution in [-0.2, 0) is 16.4 Å². The van der Waals surface area contributed by atoms with Crippen molar-refractivity contribution in [3.05, 3.63) is 22.2 Å². The van der Waals surface area contributed by atoms with E-state index < -0.39 is 10.0 Å². The number of benzene rings is 1. The number of nitrogens with two attached hydrogens (primary N) is 1. The first-order valence-electron chi connectivity index (χ1n) is 4.03. The molecule has 3 N–H and O–H groups in total. The van der Waals surface area contributed by atoms with Gasteiger partial charge in [-0.1, -0.05) is 28.1 Å². The highest BCUT2D eigenvalue weighted by Crippen LogP contribution is 2.33. The Morgan fingerprint density at radius 2 is 2.13 bits per heavy atom. The van der Waals surface area contributed by atoms with Crippen molar-refractivity contribution in [3.63, 3.8) is 0 Å². The molecule has 1 aliphatic rings. The van der Waals surface area contributed by atoms with Gasteiger partial charge in [-0.15, -0.1) is 0 Å². The van der Waals surface area contributed by atoms with E-state index in [1.807, 2.05) is 0 Å². The first-order chi connectivity index (χ1) is 6.88. The maximum Gasteiger partial charge on any atom is 0.238 e. The van der Waals surface area contributed by atoms with Crippen LogP contribution in [0.25, 0.3) is 0 Å². The SMILES string of the molecule is NS(=O)(=O)c1cc(Br)c2c(c1)NC(=S)C2. The lowest BCUT2D eigenvalue weighted by Crippen LogP contribution is -2.12. The van der Waals surface area contributed by atoms with Gasteiger partial charge in [0.15, 0.2) is 0 Å². The van der Waals surface area contributed by atoms with E-state index in [1.54, 1.807) is 0 Å². The van der Waals surface area contributed by atoms with E-state index in [0.717, 1.165) is 5.56 Å². The van der Waals surface area contributed by atoms with Crippen LogP contribution < -0.4 is 10.5 Å². The summed E-state index contributed by atoms with van der Waals surface area (Å²) >= 11 is 8.31. The number of nitrogens with one attached hydrogen (secondary N) is 1. The second kappa shape index (κ2) is 3.51. The molecule has 0 spiro atoms. The van der Waals surface area contributed by atoms with Crippen LogP contribution in [0.2, 0.25) is 0 Å². The molecule has 1 aromatic rings. The fraction of sp³-hybridized carbons (Fsp3) is 0.125. The van der Waals surface area contributed by atoms with Crippen LogP contribution in [-0.4, -0.2) is 13.4 Å². The Morgan fingerprint density at radius 1 is 1.47 bits per heavy atom. The predicted octanol–water partition coefficient (Wildman–Crippen LogP) is 1.39. The molecule has 0 aliphatic carbocycles. The summed E-state index contributed by atoms with van der Waals surface area (Å²) in [6.07, 6.45) is 0.621. The topological polar surface area (TPSA) is 72.2 Å². The minimum Gasteiger partial charge on any atom is -0.349 e. The molecule has 1 aromatic carbocycles. The molecular weight excluding hydrogens is 300 g/mol. The number of hydrogen-bond acceptors (Lipinski definition) is 3. The summed E-state index contributed by atoms with van der Waals surface area (Å²) < 4.78 is 23.0. The van der Waals surface area contributed by atoms with Gasteiger partial charge in [-0.2, -0.15) is 0 Å². The molecular formula is C8H7BrN2O2S2. The molecule has 1 heterocycles. The smallest absolute Gasteiger partial charge is 0.238 e. The molecule has 15 heavy (non-hydrogen) atoms. The van der Waals surface area contributed by atoms with Crippen molar-refractivity contribution in [1.82, 2.24) is 0 Å². The predicted molar refractivity (Wildman–Crippen MR) is 65.4 cm³/mol. The Hall–Kier alpha value is -0.500. The van der Waals surface area contributed by atoms with E-state index in [9.17, 15) is 8.42 Å². The van der Waals surface area contributed by atoms with Crippen molar-refractivity contribution < 1.29 is 8.42 Å². The molecule has 2 rings (SSSR count). The zero-order valence-corrected chi connectivity index (χ0v) is 10.7. The molecule has 0 aromatic heterocycles. The number of thiocarbonyl (C=S) groups is 1. The highest BCUT2D eigenvalue weighted by Gasteiger charge is 2.21. The van der Waals surface area contributed by atoms with E-state index in [1.165, 1.54) is 12.1 Å². The molecule has 4 nitrogen and oxygen atoms in total. The van der Waals surface area contributed by atoms with Crippen LogP contribution in [0.15, 0.2) is 21.5 Å². The summed E-state index contributed by atoms with van der Waals surface area (Å²) in [6, 6.07) is 2.98. The second-order valence-corrected chi connectivity index (χ2v) is 6.11. The second-order valence-electron chi connectivity index (χ2n) is 3.20. The summed E-state index contributed by atoms with van der Waals surface area (Å²) in [5, 5.41) is 7.98. The first kappa shape index (κ1) is 11.0. The third-order valence-corrected chi connectivity index (χ3v) is 3.96. The molecule has 0 saturated carbocycles. The molecule has 0 saturated heterocycles. The highest BCUT2D eigenvalue weighted by molar-refractivity contribution is 9.10. The number of anilines is 1. The summed E-state index contributed by atoms with van der Waals surface area (Å²) in [5.41, 5.74) is 1.67. The number of rotatable bonds is 1. The summed E-state index contributed by atoms with van der Waals surface area (Å²) in [4.78, 5) is 0.752. The molecule has 0 bridgehead atoms. The number of halogens is 1. The minimum atomic E-state index is -3.68. The average molecular weight is 307 g/mol. The van der Waals surface area contributed by atoms with E-state index in [2.05, 4.69) is 21.2 Å². The molecule has 7 heteroatoms. The Balaban J connectivity index is 2.64. The van der Waals surface area contributed by atoms with Gasteiger partial charge in [0, 0.05) is 16.6 Å². The number of fused-ring (bicyclic) bond motifs is 1. The third-order valence-electron chi connectivity index (χ3n) is 2.11. The van der Waals surface area contributed by atoms with Gasteiger partial charge in [-0.05, 0) is 17.7 Å². The van der Waals surface area contributed by atoms with Gasteiger partial charge in [0.05, 0.1) is 9.88 Å². The van der Waals surface area contributed by atoms with E-state index in [4.69, 9.17) is 17.4 Å². The molecule has 0 unspecified atom stereocenters. The fourth-order valence-corrected chi connectivity index (χ4v) is 2.99. The maximum atomic E-state index is 11.2. The van der Waals surface area contributed by atoms with Crippen molar-refractivity contribution in [3.8, 4) is 0 Å². The molecule has 0 radical (unpaired) electrons. The zero-order valence-electron chi connectivity index (χ0n) is 7.45. The number of hydrogen-bond donors (Lipinski definition) is 2. The van der Waals surface area contributed by atoms with Gasteiger partial charge in [0.2, 0.25) is 10.0 Å². The van der Waals surface area contributed by atoms with Gasteiger partial charge in [-0.3, -0.25) is 0 Å². The van der Waals surface area contributed by atoms with Gasteiger partial charge >= 0.3 is 0 Å². The van der Waals surface area contributed by atoms with Crippen molar-refractivity contribution >= 4 is 48.8 Å². The Kier molecular flexibility index (Phi) is 2.58. The van der Waals surface area contributed by atoms with Crippen molar-refractivity contribution in [2.45, 2.75) is 11.3 Å². The van der Waals surface area contributed by atoms with Gasteiger partial charge < -0.3 is 5.32 Å². The number of sulfonamides is 1. The van der Waals surface area contributed by atoms with Crippen molar-refractivity contribution in [2.75, 3.05) is 5.32 Å². The lowest BCUT2D eigenvalue weighted by molar-refractivity contribution is 0.598. The minimum absolute atomic E-state index is 0.0744. The first-order valence-corrected chi connectivity index (χ1v) is 6.78. The zero-order chi connectivity index (χ0) is 11.2. The molecule has 0 amide bonds. The molecule has 0 atom stereocenters. The van der Waals surface area contributed by atoms with E-state index in [0.29, 0.717) is 21.6 Å². The normalized spacial score (nSPS) is 14.9. The fourth-order valence-electron chi connectivity index (χ4n) is 1.42. The summed E-state index contributed by atoms with van der Waals surface area (Å²) in [6.45, 7) is 0. The quantitative estimate of drug-likeness (QED) is 0.769. The van der Waals surface area contributed by atoms with Crippen LogP contribution in [0.5, 0.6) is 0 Å². The Bertz CT molecular complexity index is 554. The molecule has 0 fully saturated rings. The van der Waals surface area contributed by atoms with E-state index in [-0.39, 0.29) is 4.90 Å². The maximum absolute atomic E-state index is 11.2. The van der Waals surface area contributed by atoms with Crippen LogP contribution in [0, 0.1) is 0 Å². The standard InChI is InChI=1S/C8H7BrN2O2S2/c9-6-1-4(15(10,12)13)2-7-5(6)3-8(14)11-7/h1-2H,3H2,(H,11,14)(H2,10,12,13). The number of primary sulfonamides is 1. The largest absolute Gasteiger partial charge is 0.349 e. The lowest BCUT2D eigenvalue weighted by Gasteiger charge is -2.05. The van der Waals surface area contributed by atoms with Crippen LogP contribution in [0.3, 0.4) is 0 Å². The van der Waals surface area contributed by atoms with Gasteiger partial charge in [0.1, 0.15) is 0 Å². The Morgan fingerprint density at radius 3 is 2.73 bits per heavy atom. The van der Waals surface area contributed by atoms with Crippen molar-refractivity contribution in [2.24, 2.45) is 5.14 Å². The van der Waals surface area contributed by atoms with Crippen LogP contribution >= 0.6 is 28.1 Å². The molecule has 1 aliphatic heterocycles. The van der Waals surface area contributed by atoms with Crippen LogP contribution in [0.1, 0.15) is 5.56 Å². The lowest BCUT2D eigenvalue weighted by atomic mass is 10.2. The summed E-state index contributed by atoms with van der Waals surface area (Å²) in [7, 11) is -3.68. The molecule has 80 valence electrons. The highest BCUT2D eigenvalue weighted by atomic mass is 79.9. The Labute approximate surface area is 101 Å².